The molecule has 3 nitrogen and oxygen atoms in total. The molecule has 0 aliphatic heterocycles. The normalized spacial score (nSPS) is 9.87. The predicted octanol–water partition coefficient (Wildman–Crippen LogP) is 3.33. The van der Waals surface area contributed by atoms with Gasteiger partial charge in [-0.2, -0.15) is 0 Å². The molecule has 0 N–H and O–H groups in total. The summed E-state index contributed by atoms with van der Waals surface area (Å²) in [4.78, 5) is 11.4. The lowest BCUT2D eigenvalue weighted by Gasteiger charge is -2.17. The second-order valence-electron chi connectivity index (χ2n) is 3.01. The number of anilines is 1. The Morgan fingerprint density at radius 2 is 2.20 bits per heavy atom. The van der Waals surface area contributed by atoms with E-state index in [0.29, 0.717) is 5.56 Å². The highest BCUT2D eigenvalue weighted by atomic mass is 127. The Labute approximate surface area is 106 Å². The van der Waals surface area contributed by atoms with Crippen molar-refractivity contribution in [3.63, 3.8) is 0 Å². The second kappa shape index (κ2) is 5.60. The van der Waals surface area contributed by atoms with Crippen molar-refractivity contribution in [3.8, 4) is 5.75 Å². The fourth-order valence-electron chi connectivity index (χ4n) is 1.23. The lowest BCUT2D eigenvalue weighted by atomic mass is 10.1. The van der Waals surface area contributed by atoms with Gasteiger partial charge in [0.1, 0.15) is 5.75 Å². The van der Waals surface area contributed by atoms with Crippen LogP contribution in [0, 0.1) is 0 Å². The Bertz CT molecular complexity index is 370. The van der Waals surface area contributed by atoms with E-state index in [9.17, 15) is 4.79 Å². The molecular formula is C10H12INO2S. The van der Waals surface area contributed by atoms with Crippen LogP contribution in [0.2, 0.25) is 0 Å². The molecule has 0 atom stereocenters. The lowest BCUT2D eigenvalue weighted by Crippen LogP contribution is -2.09. The standard InChI is InChI=1S/C10H12INO2S/c1-7(13)9-5-4-8(14-3)6-10(9)12(2)15-11/h4-6H,1-3H3. The van der Waals surface area contributed by atoms with Gasteiger partial charge in [0.15, 0.2) is 5.78 Å². The first kappa shape index (κ1) is 12.6. The van der Waals surface area contributed by atoms with Gasteiger partial charge in [-0.1, -0.05) is 0 Å². The maximum absolute atomic E-state index is 11.4. The highest BCUT2D eigenvalue weighted by Gasteiger charge is 2.12. The minimum Gasteiger partial charge on any atom is -0.497 e. The fourth-order valence-corrected chi connectivity index (χ4v) is 2.10. The third-order valence-corrected chi connectivity index (χ3v) is 4.20. The molecule has 0 radical (unpaired) electrons. The number of nitrogens with zero attached hydrogens (tertiary/aromatic N) is 1. The molecule has 0 aromatic heterocycles. The van der Waals surface area contributed by atoms with E-state index >= 15 is 0 Å². The fraction of sp³-hybridized carbons (Fsp3) is 0.300. The van der Waals surface area contributed by atoms with Crippen molar-refractivity contribution >= 4 is 41.8 Å². The monoisotopic (exact) mass is 337 g/mol. The topological polar surface area (TPSA) is 29.5 Å². The van der Waals surface area contributed by atoms with Crippen LogP contribution in [0.3, 0.4) is 0 Å². The molecule has 1 aromatic carbocycles. The zero-order valence-electron chi connectivity index (χ0n) is 8.78. The summed E-state index contributed by atoms with van der Waals surface area (Å²) >= 11 is 2.17. The Morgan fingerprint density at radius 3 is 2.67 bits per heavy atom. The molecule has 0 amide bonds. The van der Waals surface area contributed by atoms with Crippen molar-refractivity contribution in [2.45, 2.75) is 6.92 Å². The van der Waals surface area contributed by atoms with Crippen molar-refractivity contribution in [1.29, 1.82) is 0 Å². The van der Waals surface area contributed by atoms with E-state index in [1.165, 1.54) is 9.12 Å². The number of hydrogen-bond donors (Lipinski definition) is 0. The summed E-state index contributed by atoms with van der Waals surface area (Å²) in [5.74, 6) is 0.817. The number of carbonyl (C=O) groups is 1. The van der Waals surface area contributed by atoms with Crippen LogP contribution in [0.4, 0.5) is 5.69 Å². The molecule has 0 bridgehead atoms. The molecule has 1 rings (SSSR count). The van der Waals surface area contributed by atoms with E-state index in [0.717, 1.165) is 11.4 Å². The summed E-state index contributed by atoms with van der Waals surface area (Å²) in [6, 6.07) is 5.45. The van der Waals surface area contributed by atoms with Crippen LogP contribution in [-0.2, 0) is 0 Å². The first-order valence-corrected chi connectivity index (χ1v) is 7.63. The molecule has 5 heteroatoms. The summed E-state index contributed by atoms with van der Waals surface area (Å²) in [7, 11) is 5.05. The third-order valence-electron chi connectivity index (χ3n) is 2.03. The molecule has 0 saturated carbocycles. The smallest absolute Gasteiger partial charge is 0.161 e. The van der Waals surface area contributed by atoms with E-state index < -0.39 is 0 Å². The molecule has 0 fully saturated rings. The second-order valence-corrected chi connectivity index (χ2v) is 4.87. The van der Waals surface area contributed by atoms with Gasteiger partial charge in [-0.25, -0.2) is 0 Å². The number of ether oxygens (including phenoxy) is 1. The number of Topliss-reactive ketones (excluding diaryl/α,β-unsaturated/α-hetero) is 1. The van der Waals surface area contributed by atoms with Crippen LogP contribution in [-0.4, -0.2) is 19.9 Å². The van der Waals surface area contributed by atoms with Gasteiger partial charge in [-0.3, -0.25) is 4.79 Å². The number of methoxy groups -OCH3 is 1. The first-order chi connectivity index (χ1) is 7.10. The minimum atomic E-state index is 0.0601. The van der Waals surface area contributed by atoms with Crippen molar-refractivity contribution < 1.29 is 9.53 Å². The summed E-state index contributed by atoms with van der Waals surface area (Å²) in [5, 5.41) is 0. The van der Waals surface area contributed by atoms with Gasteiger partial charge in [0, 0.05) is 49.0 Å². The first-order valence-electron chi connectivity index (χ1n) is 4.31. The molecule has 15 heavy (non-hydrogen) atoms. The van der Waals surface area contributed by atoms with Crippen LogP contribution in [0.5, 0.6) is 5.75 Å². The van der Waals surface area contributed by atoms with E-state index in [1.54, 1.807) is 26.2 Å². The van der Waals surface area contributed by atoms with Gasteiger partial charge in [0.2, 0.25) is 0 Å². The zero-order valence-corrected chi connectivity index (χ0v) is 11.8. The lowest BCUT2D eigenvalue weighted by molar-refractivity contribution is 0.101. The largest absolute Gasteiger partial charge is 0.497 e. The Kier molecular flexibility index (Phi) is 4.72. The maximum Gasteiger partial charge on any atom is 0.161 e. The molecule has 0 aliphatic rings. The molecule has 82 valence electrons. The number of rotatable bonds is 4. The summed E-state index contributed by atoms with van der Waals surface area (Å²) in [6.07, 6.45) is 0. The number of carbonyl (C=O) groups excluding carboxylic acids is 1. The average molecular weight is 337 g/mol. The molecule has 0 spiro atoms. The molecule has 0 aliphatic carbocycles. The van der Waals surface area contributed by atoms with Crippen molar-refractivity contribution in [2.24, 2.45) is 0 Å². The molecule has 0 saturated heterocycles. The van der Waals surface area contributed by atoms with Crippen LogP contribution < -0.4 is 9.04 Å². The molecule has 0 heterocycles. The van der Waals surface area contributed by atoms with Crippen molar-refractivity contribution in [2.75, 3.05) is 18.5 Å². The van der Waals surface area contributed by atoms with Gasteiger partial charge >= 0.3 is 0 Å². The van der Waals surface area contributed by atoms with Crippen molar-refractivity contribution in [1.82, 2.24) is 0 Å². The molecule has 1 aromatic rings. The van der Waals surface area contributed by atoms with E-state index in [2.05, 4.69) is 21.2 Å². The van der Waals surface area contributed by atoms with Gasteiger partial charge in [0.25, 0.3) is 0 Å². The van der Waals surface area contributed by atoms with Crippen LogP contribution in [0.15, 0.2) is 18.2 Å². The summed E-state index contributed by atoms with van der Waals surface area (Å²) in [5.41, 5.74) is 1.59. The van der Waals surface area contributed by atoms with Gasteiger partial charge in [-0.05, 0) is 19.1 Å². The molecule has 0 unspecified atom stereocenters. The summed E-state index contributed by atoms with van der Waals surface area (Å²) < 4.78 is 7.06. The van der Waals surface area contributed by atoms with E-state index in [4.69, 9.17) is 4.74 Å². The van der Waals surface area contributed by atoms with Gasteiger partial charge < -0.3 is 9.04 Å². The summed E-state index contributed by atoms with van der Waals surface area (Å²) in [6.45, 7) is 1.57. The predicted molar refractivity (Wildman–Crippen MR) is 73.0 cm³/mol. The van der Waals surface area contributed by atoms with Crippen molar-refractivity contribution in [3.05, 3.63) is 23.8 Å². The zero-order chi connectivity index (χ0) is 11.4. The minimum absolute atomic E-state index is 0.0601. The Hall–Kier alpha value is -0.430. The Balaban J connectivity index is 3.22. The van der Waals surface area contributed by atoms with Crippen LogP contribution in [0.25, 0.3) is 0 Å². The van der Waals surface area contributed by atoms with Crippen LogP contribution in [0.1, 0.15) is 17.3 Å². The maximum atomic E-state index is 11.4. The molecular weight excluding hydrogens is 325 g/mol. The van der Waals surface area contributed by atoms with E-state index in [-0.39, 0.29) is 5.78 Å². The van der Waals surface area contributed by atoms with Gasteiger partial charge in [0.05, 0.1) is 12.8 Å². The van der Waals surface area contributed by atoms with Crippen LogP contribution >= 0.6 is 30.3 Å². The Morgan fingerprint density at radius 1 is 1.53 bits per heavy atom. The average Bonchev–Trinajstić information content (AvgIpc) is 2.26. The quantitative estimate of drug-likeness (QED) is 0.479. The van der Waals surface area contributed by atoms with E-state index in [1.807, 2.05) is 17.4 Å². The highest BCUT2D eigenvalue weighted by molar-refractivity contribution is 14.2. The highest BCUT2D eigenvalue weighted by Crippen LogP contribution is 2.31. The SMILES string of the molecule is COc1ccc(C(C)=O)c(N(C)SI)c1. The van der Waals surface area contributed by atoms with Gasteiger partial charge in [-0.15, -0.1) is 0 Å². The number of halogens is 1. The number of benzene rings is 1. The number of ketones is 1. The third kappa shape index (κ3) is 3.01. The number of hydrogen-bond acceptors (Lipinski definition) is 4.